The molecule has 0 aromatic carbocycles. The van der Waals surface area contributed by atoms with E-state index in [0.717, 1.165) is 30.2 Å². The Labute approximate surface area is 169 Å². The summed E-state index contributed by atoms with van der Waals surface area (Å²) >= 11 is 1.37. The Balaban J connectivity index is 1.42. The second-order valence-corrected chi connectivity index (χ2v) is 10.1. The molecule has 0 radical (unpaired) electrons. The van der Waals surface area contributed by atoms with Crippen LogP contribution in [0.2, 0.25) is 0 Å². The van der Waals surface area contributed by atoms with E-state index in [-0.39, 0.29) is 0 Å². The molecule has 10 heteroatoms. The van der Waals surface area contributed by atoms with Crippen molar-refractivity contribution in [2.45, 2.75) is 17.6 Å². The van der Waals surface area contributed by atoms with E-state index in [2.05, 4.69) is 14.8 Å². The van der Waals surface area contributed by atoms with E-state index in [4.69, 9.17) is 9.72 Å². The first-order valence-electron chi connectivity index (χ1n) is 9.57. The minimum atomic E-state index is -3.41. The van der Waals surface area contributed by atoms with Crippen molar-refractivity contribution in [3.63, 3.8) is 0 Å². The zero-order valence-corrected chi connectivity index (χ0v) is 17.6. The molecule has 0 unspecified atom stereocenters. The van der Waals surface area contributed by atoms with Gasteiger partial charge in [-0.15, -0.1) is 11.3 Å². The van der Waals surface area contributed by atoms with Gasteiger partial charge in [-0.05, 0) is 24.6 Å². The zero-order chi connectivity index (χ0) is 19.6. The first kappa shape index (κ1) is 19.6. The van der Waals surface area contributed by atoms with Crippen molar-refractivity contribution >= 4 is 33.1 Å². The van der Waals surface area contributed by atoms with E-state index in [0.29, 0.717) is 49.6 Å². The van der Waals surface area contributed by atoms with Crippen LogP contribution in [0.5, 0.6) is 0 Å². The second-order valence-electron chi connectivity index (χ2n) is 6.78. The number of hydrogen-bond donors (Lipinski definition) is 0. The van der Waals surface area contributed by atoms with Crippen LogP contribution in [0.25, 0.3) is 0 Å². The third-order valence-corrected chi connectivity index (χ3v) is 8.66. The maximum atomic E-state index is 12.9. The number of thiophene rings is 1. The van der Waals surface area contributed by atoms with Crippen LogP contribution >= 0.6 is 11.3 Å². The highest BCUT2D eigenvalue weighted by Gasteiger charge is 2.30. The average Bonchev–Trinajstić information content (AvgIpc) is 3.25. The molecule has 0 N–H and O–H groups in total. The molecule has 4 rings (SSSR count). The first-order chi connectivity index (χ1) is 13.6. The van der Waals surface area contributed by atoms with Crippen LogP contribution < -0.4 is 9.80 Å². The number of sulfonamides is 1. The summed E-state index contributed by atoms with van der Waals surface area (Å²) in [6.07, 6.45) is 2.63. The highest BCUT2D eigenvalue weighted by molar-refractivity contribution is 7.91. The van der Waals surface area contributed by atoms with Crippen LogP contribution in [0.15, 0.2) is 28.6 Å². The topological polar surface area (TPSA) is 78.9 Å². The maximum absolute atomic E-state index is 12.9. The number of anilines is 2. The molecule has 0 saturated carbocycles. The predicted octanol–water partition coefficient (Wildman–Crippen LogP) is 1.45. The molecule has 0 spiro atoms. The summed E-state index contributed by atoms with van der Waals surface area (Å²) in [4.78, 5) is 14.4. The van der Waals surface area contributed by atoms with Gasteiger partial charge in [0.25, 0.3) is 10.0 Å². The van der Waals surface area contributed by atoms with Gasteiger partial charge in [0.15, 0.2) is 0 Å². The molecule has 2 fully saturated rings. The van der Waals surface area contributed by atoms with Gasteiger partial charge in [-0.1, -0.05) is 6.92 Å². The Morgan fingerprint density at radius 2 is 1.79 bits per heavy atom. The summed E-state index contributed by atoms with van der Waals surface area (Å²) in [6, 6.07) is 5.52. The third-order valence-electron chi connectivity index (χ3n) is 5.06. The van der Waals surface area contributed by atoms with Crippen LogP contribution in [0.3, 0.4) is 0 Å². The first-order valence-corrected chi connectivity index (χ1v) is 11.8. The van der Waals surface area contributed by atoms with Crippen molar-refractivity contribution in [2.24, 2.45) is 0 Å². The van der Waals surface area contributed by atoms with Gasteiger partial charge in [0.05, 0.1) is 13.2 Å². The van der Waals surface area contributed by atoms with Gasteiger partial charge in [-0.2, -0.15) is 9.29 Å². The molecule has 2 saturated heterocycles. The fourth-order valence-corrected chi connectivity index (χ4v) is 6.27. The Morgan fingerprint density at radius 3 is 2.46 bits per heavy atom. The van der Waals surface area contributed by atoms with Crippen molar-refractivity contribution in [1.82, 2.24) is 14.3 Å². The van der Waals surface area contributed by atoms with Gasteiger partial charge in [-0.25, -0.2) is 13.4 Å². The molecule has 8 nitrogen and oxygen atoms in total. The summed E-state index contributed by atoms with van der Waals surface area (Å²) in [5, 5.41) is 0. The van der Waals surface area contributed by atoms with E-state index in [1.54, 1.807) is 16.6 Å². The summed E-state index contributed by atoms with van der Waals surface area (Å²) in [7, 11) is -3.41. The smallest absolute Gasteiger partial charge is 0.252 e. The molecular weight excluding hydrogens is 398 g/mol. The van der Waals surface area contributed by atoms with Gasteiger partial charge in [0, 0.05) is 50.3 Å². The van der Waals surface area contributed by atoms with Gasteiger partial charge < -0.3 is 14.5 Å². The number of rotatable bonds is 5. The van der Waals surface area contributed by atoms with E-state index < -0.39 is 10.0 Å². The highest BCUT2D eigenvalue weighted by atomic mass is 32.2. The quantitative estimate of drug-likeness (QED) is 0.720. The van der Waals surface area contributed by atoms with E-state index in [9.17, 15) is 8.42 Å². The standard InChI is InChI=1S/C18H25N5O3S2/c1-2-15-3-4-17(27-15)28(24,25)23-9-7-21(8-10-23)16-5-6-19-18(20-16)22-11-13-26-14-12-22/h3-6H,2,7-14H2,1H3. The fraction of sp³-hybridized carbons (Fsp3) is 0.556. The second kappa shape index (κ2) is 8.32. The minimum Gasteiger partial charge on any atom is -0.378 e. The number of piperazine rings is 1. The molecule has 28 heavy (non-hydrogen) atoms. The molecule has 2 aromatic heterocycles. The highest BCUT2D eigenvalue weighted by Crippen LogP contribution is 2.27. The largest absolute Gasteiger partial charge is 0.378 e. The Hall–Kier alpha value is -1.75. The molecule has 2 aliphatic heterocycles. The molecular formula is C18H25N5O3S2. The number of morpholine rings is 1. The van der Waals surface area contributed by atoms with Crippen LogP contribution in [-0.4, -0.2) is 75.2 Å². The Kier molecular flexibility index (Phi) is 5.81. The van der Waals surface area contributed by atoms with E-state index >= 15 is 0 Å². The lowest BCUT2D eigenvalue weighted by atomic mass is 10.3. The molecule has 0 atom stereocenters. The molecule has 0 aliphatic carbocycles. The number of nitrogens with zero attached hydrogens (tertiary/aromatic N) is 5. The fourth-order valence-electron chi connectivity index (χ4n) is 3.40. The van der Waals surface area contributed by atoms with Gasteiger partial charge in [0.1, 0.15) is 10.0 Å². The number of hydrogen-bond acceptors (Lipinski definition) is 8. The van der Waals surface area contributed by atoms with Crippen molar-refractivity contribution < 1.29 is 13.2 Å². The van der Waals surface area contributed by atoms with Crippen LogP contribution in [0, 0.1) is 0 Å². The normalized spacial score (nSPS) is 19.2. The lowest BCUT2D eigenvalue weighted by Gasteiger charge is -2.35. The molecule has 2 aromatic rings. The zero-order valence-electron chi connectivity index (χ0n) is 16.0. The molecule has 4 heterocycles. The van der Waals surface area contributed by atoms with Gasteiger partial charge >= 0.3 is 0 Å². The SMILES string of the molecule is CCc1ccc(S(=O)(=O)N2CCN(c3ccnc(N4CCOCC4)n3)CC2)s1. The number of aromatic nitrogens is 2. The average molecular weight is 424 g/mol. The summed E-state index contributed by atoms with van der Waals surface area (Å²) < 4.78 is 33.2. The van der Waals surface area contributed by atoms with E-state index in [1.807, 2.05) is 19.1 Å². The van der Waals surface area contributed by atoms with Crippen molar-refractivity contribution in [1.29, 1.82) is 0 Å². The van der Waals surface area contributed by atoms with Crippen LogP contribution in [0.4, 0.5) is 11.8 Å². The Bertz CT molecular complexity index is 903. The molecule has 152 valence electrons. The van der Waals surface area contributed by atoms with Crippen LogP contribution in [-0.2, 0) is 21.2 Å². The third kappa shape index (κ3) is 4.00. The van der Waals surface area contributed by atoms with Crippen molar-refractivity contribution in [2.75, 3.05) is 62.3 Å². The lowest BCUT2D eigenvalue weighted by Crippen LogP contribution is -2.49. The van der Waals surface area contributed by atoms with Crippen LogP contribution in [0.1, 0.15) is 11.8 Å². The maximum Gasteiger partial charge on any atom is 0.252 e. The predicted molar refractivity (Wildman–Crippen MR) is 110 cm³/mol. The molecule has 0 amide bonds. The monoisotopic (exact) mass is 423 g/mol. The summed E-state index contributed by atoms with van der Waals surface area (Å²) in [6.45, 7) is 7.13. The van der Waals surface area contributed by atoms with Crippen molar-refractivity contribution in [3.8, 4) is 0 Å². The molecule has 2 aliphatic rings. The Morgan fingerprint density at radius 1 is 1.04 bits per heavy atom. The molecule has 0 bridgehead atoms. The number of aryl methyl sites for hydroxylation is 1. The van der Waals surface area contributed by atoms with Gasteiger partial charge in [-0.3, -0.25) is 0 Å². The summed E-state index contributed by atoms with van der Waals surface area (Å²) in [5.41, 5.74) is 0. The number of ether oxygens (including phenoxy) is 1. The minimum absolute atomic E-state index is 0.439. The lowest BCUT2D eigenvalue weighted by molar-refractivity contribution is 0.122. The van der Waals surface area contributed by atoms with Crippen molar-refractivity contribution in [3.05, 3.63) is 29.3 Å². The summed E-state index contributed by atoms with van der Waals surface area (Å²) in [5.74, 6) is 1.56. The van der Waals surface area contributed by atoms with Gasteiger partial charge in [0.2, 0.25) is 5.95 Å². The van der Waals surface area contributed by atoms with E-state index in [1.165, 1.54) is 11.3 Å².